The summed E-state index contributed by atoms with van der Waals surface area (Å²) in [4.78, 5) is 12.8. The molecule has 1 N–H and O–H groups in total. The molecule has 36 heavy (non-hydrogen) atoms. The standard InChI is InChI=1S/C25H21Cl2N5O3S/c1-18-23(25(27)30-32(18)20-10-4-2-5-11-20)16-28-29-24(33)17-31(21-12-8-9-19(26)15-21)36(34,35)22-13-6-3-7-14-22/h2-16H,17H2,1H3,(H,29,33)/b28-16-. The number of rotatable bonds is 8. The Morgan fingerprint density at radius 3 is 2.36 bits per heavy atom. The third kappa shape index (κ3) is 5.59. The van der Waals surface area contributed by atoms with E-state index in [1.165, 1.54) is 24.4 Å². The first-order valence-corrected chi connectivity index (χ1v) is 12.9. The Bertz CT molecular complexity index is 1510. The molecule has 184 valence electrons. The van der Waals surface area contributed by atoms with Crippen LogP contribution in [0.25, 0.3) is 5.69 Å². The van der Waals surface area contributed by atoms with Crippen LogP contribution < -0.4 is 9.73 Å². The Morgan fingerprint density at radius 1 is 1.03 bits per heavy atom. The smallest absolute Gasteiger partial charge is 0.264 e. The lowest BCUT2D eigenvalue weighted by Crippen LogP contribution is -2.39. The summed E-state index contributed by atoms with van der Waals surface area (Å²) in [5, 5.41) is 8.84. The van der Waals surface area contributed by atoms with Crippen LogP contribution in [0.4, 0.5) is 5.69 Å². The molecule has 0 unspecified atom stereocenters. The third-order valence-corrected chi connectivity index (χ3v) is 7.52. The van der Waals surface area contributed by atoms with E-state index in [1.54, 1.807) is 41.1 Å². The summed E-state index contributed by atoms with van der Waals surface area (Å²) in [6.07, 6.45) is 1.37. The molecule has 0 aliphatic carbocycles. The highest BCUT2D eigenvalue weighted by molar-refractivity contribution is 7.92. The first-order chi connectivity index (χ1) is 17.3. The summed E-state index contributed by atoms with van der Waals surface area (Å²) < 4.78 is 29.3. The molecule has 0 aliphatic heterocycles. The number of aromatic nitrogens is 2. The lowest BCUT2D eigenvalue weighted by Gasteiger charge is -2.23. The molecule has 0 saturated carbocycles. The number of amides is 1. The second-order valence-electron chi connectivity index (χ2n) is 7.64. The molecule has 0 aliphatic rings. The molecule has 0 fully saturated rings. The fourth-order valence-electron chi connectivity index (χ4n) is 3.45. The van der Waals surface area contributed by atoms with Crippen molar-refractivity contribution in [2.24, 2.45) is 5.10 Å². The van der Waals surface area contributed by atoms with Gasteiger partial charge in [0.25, 0.3) is 15.9 Å². The molecule has 3 aromatic carbocycles. The van der Waals surface area contributed by atoms with Crippen molar-refractivity contribution in [3.63, 3.8) is 0 Å². The van der Waals surface area contributed by atoms with Gasteiger partial charge in [-0.05, 0) is 49.4 Å². The van der Waals surface area contributed by atoms with E-state index in [2.05, 4.69) is 15.6 Å². The molecule has 4 aromatic rings. The predicted molar refractivity (Wildman–Crippen MR) is 141 cm³/mol. The van der Waals surface area contributed by atoms with Crippen LogP contribution >= 0.6 is 23.2 Å². The van der Waals surface area contributed by atoms with Crippen molar-refractivity contribution in [1.29, 1.82) is 0 Å². The Hall–Kier alpha value is -3.66. The lowest BCUT2D eigenvalue weighted by atomic mass is 10.2. The highest BCUT2D eigenvalue weighted by Gasteiger charge is 2.27. The maximum absolute atomic E-state index is 13.3. The van der Waals surface area contributed by atoms with Gasteiger partial charge in [-0.25, -0.2) is 18.5 Å². The highest BCUT2D eigenvalue weighted by atomic mass is 35.5. The Morgan fingerprint density at radius 2 is 1.69 bits per heavy atom. The first kappa shape index (κ1) is 25.4. The third-order valence-electron chi connectivity index (χ3n) is 5.22. The molecule has 0 spiro atoms. The predicted octanol–water partition coefficient (Wildman–Crippen LogP) is 4.83. The van der Waals surface area contributed by atoms with Gasteiger partial charge in [-0.3, -0.25) is 9.10 Å². The Kier molecular flexibility index (Phi) is 7.73. The normalized spacial score (nSPS) is 11.5. The molecule has 11 heteroatoms. The van der Waals surface area contributed by atoms with Crippen molar-refractivity contribution >= 4 is 51.0 Å². The number of halogens is 2. The van der Waals surface area contributed by atoms with Crippen molar-refractivity contribution in [3.05, 3.63) is 106 Å². The largest absolute Gasteiger partial charge is 0.271 e. The lowest BCUT2D eigenvalue weighted by molar-refractivity contribution is -0.119. The van der Waals surface area contributed by atoms with Gasteiger partial charge in [0.1, 0.15) is 6.54 Å². The van der Waals surface area contributed by atoms with E-state index in [0.717, 1.165) is 15.7 Å². The average Bonchev–Trinajstić information content (AvgIpc) is 3.16. The molecule has 0 saturated heterocycles. The Balaban J connectivity index is 1.55. The molecule has 0 bridgehead atoms. The second-order valence-corrected chi connectivity index (χ2v) is 10.3. The summed E-state index contributed by atoms with van der Waals surface area (Å²) in [5.41, 5.74) is 4.67. The minimum Gasteiger partial charge on any atom is -0.271 e. The summed E-state index contributed by atoms with van der Waals surface area (Å²) in [7, 11) is -4.06. The number of hydrogen-bond acceptors (Lipinski definition) is 5. The number of hydrazone groups is 1. The van der Waals surface area contributed by atoms with Gasteiger partial charge in [0.15, 0.2) is 5.15 Å². The van der Waals surface area contributed by atoms with Gasteiger partial charge >= 0.3 is 0 Å². The van der Waals surface area contributed by atoms with Crippen LogP contribution in [0.5, 0.6) is 0 Å². The average molecular weight is 542 g/mol. The first-order valence-electron chi connectivity index (χ1n) is 10.7. The summed E-state index contributed by atoms with van der Waals surface area (Å²) in [6.45, 7) is 1.30. The Labute approximate surface area is 218 Å². The molecule has 8 nitrogen and oxygen atoms in total. The van der Waals surface area contributed by atoms with Crippen molar-refractivity contribution in [2.45, 2.75) is 11.8 Å². The van der Waals surface area contributed by atoms with Crippen molar-refractivity contribution < 1.29 is 13.2 Å². The van der Waals surface area contributed by atoms with E-state index in [4.69, 9.17) is 23.2 Å². The van der Waals surface area contributed by atoms with Gasteiger partial charge in [-0.2, -0.15) is 10.2 Å². The van der Waals surface area contributed by atoms with Gasteiger partial charge in [0, 0.05) is 5.02 Å². The van der Waals surface area contributed by atoms with E-state index in [1.807, 2.05) is 37.3 Å². The van der Waals surface area contributed by atoms with E-state index < -0.39 is 22.5 Å². The zero-order valence-electron chi connectivity index (χ0n) is 19.0. The topological polar surface area (TPSA) is 96.7 Å². The van der Waals surface area contributed by atoms with Crippen LogP contribution in [0.15, 0.2) is 94.9 Å². The highest BCUT2D eigenvalue weighted by Crippen LogP contribution is 2.26. The molecule has 1 amide bonds. The second kappa shape index (κ2) is 10.9. The van der Waals surface area contributed by atoms with Gasteiger partial charge in [0.2, 0.25) is 0 Å². The number of para-hydroxylation sites is 1. The molecule has 0 atom stereocenters. The number of anilines is 1. The fourth-order valence-corrected chi connectivity index (χ4v) is 5.33. The van der Waals surface area contributed by atoms with Crippen LogP contribution in [0.2, 0.25) is 10.2 Å². The van der Waals surface area contributed by atoms with Crippen molar-refractivity contribution in [1.82, 2.24) is 15.2 Å². The number of sulfonamides is 1. The van der Waals surface area contributed by atoms with E-state index in [9.17, 15) is 13.2 Å². The summed E-state index contributed by atoms with van der Waals surface area (Å²) in [6, 6.07) is 23.5. The summed E-state index contributed by atoms with van der Waals surface area (Å²) >= 11 is 12.4. The molecule has 0 radical (unpaired) electrons. The van der Waals surface area contributed by atoms with Gasteiger partial charge in [-0.15, -0.1) is 0 Å². The maximum Gasteiger partial charge on any atom is 0.264 e. The van der Waals surface area contributed by atoms with Crippen molar-refractivity contribution in [2.75, 3.05) is 10.8 Å². The number of nitrogens with one attached hydrogen (secondary N) is 1. The number of nitrogens with zero attached hydrogens (tertiary/aromatic N) is 4. The van der Waals surface area contributed by atoms with Crippen LogP contribution in [0.1, 0.15) is 11.3 Å². The number of carbonyl (C=O) groups excluding carboxylic acids is 1. The zero-order valence-corrected chi connectivity index (χ0v) is 21.4. The molecular weight excluding hydrogens is 521 g/mol. The van der Waals surface area contributed by atoms with Gasteiger partial charge < -0.3 is 0 Å². The quantitative estimate of drug-likeness (QED) is 0.255. The van der Waals surface area contributed by atoms with Crippen LogP contribution in [-0.4, -0.2) is 36.9 Å². The van der Waals surface area contributed by atoms with Crippen molar-refractivity contribution in [3.8, 4) is 5.69 Å². The van der Waals surface area contributed by atoms with Gasteiger partial charge in [0.05, 0.1) is 33.7 Å². The van der Waals surface area contributed by atoms with E-state index >= 15 is 0 Å². The van der Waals surface area contributed by atoms with Gasteiger partial charge in [-0.1, -0.05) is 65.7 Å². The molecular formula is C25H21Cl2N5O3S. The van der Waals surface area contributed by atoms with Crippen LogP contribution in [-0.2, 0) is 14.8 Å². The monoisotopic (exact) mass is 541 g/mol. The number of hydrogen-bond donors (Lipinski definition) is 1. The molecule has 1 heterocycles. The molecule has 1 aromatic heterocycles. The number of benzene rings is 3. The number of carbonyl (C=O) groups is 1. The zero-order chi connectivity index (χ0) is 25.7. The van der Waals surface area contributed by atoms with Crippen LogP contribution in [0, 0.1) is 6.92 Å². The van der Waals surface area contributed by atoms with Crippen LogP contribution in [0.3, 0.4) is 0 Å². The minimum atomic E-state index is -4.06. The fraction of sp³-hybridized carbons (Fsp3) is 0.0800. The van der Waals surface area contributed by atoms with E-state index in [-0.39, 0.29) is 15.7 Å². The molecule has 4 rings (SSSR count). The minimum absolute atomic E-state index is 0.0389. The van der Waals surface area contributed by atoms with E-state index in [0.29, 0.717) is 10.6 Å². The summed E-state index contributed by atoms with van der Waals surface area (Å²) in [5.74, 6) is -0.657. The maximum atomic E-state index is 13.3. The SMILES string of the molecule is Cc1c(/C=N\NC(=O)CN(c2cccc(Cl)c2)S(=O)(=O)c2ccccc2)c(Cl)nn1-c1ccccc1.